The van der Waals surface area contributed by atoms with Crippen molar-refractivity contribution in [1.29, 1.82) is 0 Å². The fraction of sp³-hybridized carbons (Fsp3) is 0.875. The summed E-state index contributed by atoms with van der Waals surface area (Å²) in [7, 11) is 0. The molecule has 3 aliphatic rings. The summed E-state index contributed by atoms with van der Waals surface area (Å²) in [6.07, 6.45) is 1.22. The first kappa shape index (κ1) is 13.9. The van der Waals surface area contributed by atoms with E-state index in [1.807, 2.05) is 20.8 Å². The minimum absolute atomic E-state index is 0.00774. The second kappa shape index (κ2) is 3.99. The standard InChI is InChI=1S/C16H24O4/c1-6-15(2,3)14(18)20-12-9-7-8-10(16(9,4)5)13(17)19-11(8)12/h8-12H,6-7H2,1-5H3. The molecule has 4 heteroatoms. The first-order chi connectivity index (χ1) is 9.20. The van der Waals surface area contributed by atoms with Crippen molar-refractivity contribution in [1.82, 2.24) is 0 Å². The molecule has 1 aliphatic heterocycles. The fourth-order valence-electron chi connectivity index (χ4n) is 4.29. The van der Waals surface area contributed by atoms with E-state index in [2.05, 4.69) is 13.8 Å². The van der Waals surface area contributed by atoms with Crippen LogP contribution in [0.1, 0.15) is 47.5 Å². The number of hydrogen-bond donors (Lipinski definition) is 0. The van der Waals surface area contributed by atoms with Gasteiger partial charge in [0.05, 0.1) is 11.3 Å². The summed E-state index contributed by atoms with van der Waals surface area (Å²) in [4.78, 5) is 24.4. The van der Waals surface area contributed by atoms with Crippen molar-refractivity contribution in [3.8, 4) is 0 Å². The highest BCUT2D eigenvalue weighted by Crippen LogP contribution is 2.64. The molecule has 5 unspecified atom stereocenters. The molecule has 1 heterocycles. The Labute approximate surface area is 120 Å². The van der Waals surface area contributed by atoms with Crippen LogP contribution in [0.5, 0.6) is 0 Å². The molecule has 0 spiro atoms. The molecule has 112 valence electrons. The Morgan fingerprint density at radius 1 is 1.45 bits per heavy atom. The van der Waals surface area contributed by atoms with Crippen molar-refractivity contribution in [3.05, 3.63) is 0 Å². The SMILES string of the molecule is CCC(C)(C)C(=O)OC1C2OC(=O)C3C2CC1C3(C)C. The smallest absolute Gasteiger partial charge is 0.311 e. The molecule has 5 atom stereocenters. The zero-order valence-corrected chi connectivity index (χ0v) is 12.9. The molecule has 0 aromatic heterocycles. The third kappa shape index (κ3) is 1.60. The van der Waals surface area contributed by atoms with E-state index in [0.29, 0.717) is 0 Å². The Morgan fingerprint density at radius 2 is 2.10 bits per heavy atom. The van der Waals surface area contributed by atoms with Gasteiger partial charge in [0.15, 0.2) is 0 Å². The second-order valence-electron chi connectivity index (χ2n) is 7.81. The summed E-state index contributed by atoms with van der Waals surface area (Å²) in [6, 6.07) is 0. The van der Waals surface area contributed by atoms with Gasteiger partial charge in [-0.05, 0) is 32.1 Å². The summed E-state index contributed by atoms with van der Waals surface area (Å²) in [6.45, 7) is 10.00. The minimum atomic E-state index is -0.478. The Hall–Kier alpha value is -1.06. The van der Waals surface area contributed by atoms with Gasteiger partial charge in [-0.2, -0.15) is 0 Å². The molecule has 2 saturated carbocycles. The van der Waals surface area contributed by atoms with Crippen LogP contribution in [0.3, 0.4) is 0 Å². The molecule has 0 radical (unpaired) electrons. The van der Waals surface area contributed by atoms with Crippen molar-refractivity contribution < 1.29 is 19.1 Å². The van der Waals surface area contributed by atoms with Gasteiger partial charge in [-0.25, -0.2) is 0 Å². The lowest BCUT2D eigenvalue weighted by atomic mass is 9.68. The minimum Gasteiger partial charge on any atom is -0.458 e. The molecule has 1 saturated heterocycles. The van der Waals surface area contributed by atoms with E-state index in [4.69, 9.17) is 9.47 Å². The molecular weight excluding hydrogens is 256 g/mol. The average molecular weight is 280 g/mol. The van der Waals surface area contributed by atoms with Gasteiger partial charge in [0.2, 0.25) is 0 Å². The van der Waals surface area contributed by atoms with Crippen LogP contribution < -0.4 is 0 Å². The van der Waals surface area contributed by atoms with Gasteiger partial charge in [-0.15, -0.1) is 0 Å². The van der Waals surface area contributed by atoms with Gasteiger partial charge in [0.25, 0.3) is 0 Å². The van der Waals surface area contributed by atoms with Gasteiger partial charge >= 0.3 is 11.9 Å². The highest BCUT2D eigenvalue weighted by atomic mass is 16.6. The zero-order chi connectivity index (χ0) is 14.9. The van der Waals surface area contributed by atoms with Crippen LogP contribution in [0.2, 0.25) is 0 Å². The van der Waals surface area contributed by atoms with Crippen LogP contribution >= 0.6 is 0 Å². The quantitative estimate of drug-likeness (QED) is 0.746. The third-order valence-corrected chi connectivity index (χ3v) is 6.04. The van der Waals surface area contributed by atoms with E-state index < -0.39 is 5.41 Å². The van der Waals surface area contributed by atoms with E-state index in [1.54, 1.807) is 0 Å². The molecule has 0 N–H and O–H groups in total. The number of hydrogen-bond acceptors (Lipinski definition) is 4. The highest BCUT2D eigenvalue weighted by molar-refractivity contribution is 5.79. The first-order valence-electron chi connectivity index (χ1n) is 7.61. The maximum atomic E-state index is 12.3. The lowest BCUT2D eigenvalue weighted by molar-refractivity contribution is -0.172. The fourth-order valence-corrected chi connectivity index (χ4v) is 4.29. The van der Waals surface area contributed by atoms with Gasteiger partial charge < -0.3 is 9.47 Å². The predicted molar refractivity (Wildman–Crippen MR) is 72.7 cm³/mol. The first-order valence-corrected chi connectivity index (χ1v) is 7.61. The molecule has 0 amide bonds. The third-order valence-electron chi connectivity index (χ3n) is 6.04. The van der Waals surface area contributed by atoms with Crippen molar-refractivity contribution in [2.24, 2.45) is 28.6 Å². The molecule has 3 fully saturated rings. The van der Waals surface area contributed by atoms with Gasteiger partial charge in [0.1, 0.15) is 12.2 Å². The number of carbonyl (C=O) groups excluding carboxylic acids is 2. The van der Waals surface area contributed by atoms with E-state index in [0.717, 1.165) is 12.8 Å². The van der Waals surface area contributed by atoms with Crippen molar-refractivity contribution >= 4 is 11.9 Å². The maximum absolute atomic E-state index is 12.3. The van der Waals surface area contributed by atoms with Crippen LogP contribution in [0.15, 0.2) is 0 Å². The molecule has 0 aromatic carbocycles. The zero-order valence-electron chi connectivity index (χ0n) is 12.9. The Kier molecular flexibility index (Phi) is 2.77. The monoisotopic (exact) mass is 280 g/mol. The number of fused-ring (bicyclic) bond motifs is 1. The van der Waals surface area contributed by atoms with Crippen LogP contribution in [-0.2, 0) is 19.1 Å². The van der Waals surface area contributed by atoms with E-state index in [9.17, 15) is 9.59 Å². The Bertz CT molecular complexity index is 465. The molecule has 20 heavy (non-hydrogen) atoms. The summed E-state index contributed by atoms with van der Waals surface area (Å²) in [5.74, 6) is 0.205. The number of ether oxygens (including phenoxy) is 2. The lowest BCUT2D eigenvalue weighted by Crippen LogP contribution is -2.46. The highest BCUT2D eigenvalue weighted by Gasteiger charge is 2.71. The van der Waals surface area contributed by atoms with E-state index in [-0.39, 0.29) is 47.3 Å². The normalized spacial score (nSPS) is 40.9. The maximum Gasteiger partial charge on any atom is 0.311 e. The van der Waals surface area contributed by atoms with Gasteiger partial charge in [-0.1, -0.05) is 20.8 Å². The molecule has 3 rings (SSSR count). The van der Waals surface area contributed by atoms with E-state index in [1.165, 1.54) is 0 Å². The predicted octanol–water partition coefficient (Wildman–Crippen LogP) is 2.55. The number of carbonyl (C=O) groups is 2. The summed E-state index contributed by atoms with van der Waals surface area (Å²) >= 11 is 0. The van der Waals surface area contributed by atoms with Crippen LogP contribution in [0.4, 0.5) is 0 Å². The molecular formula is C16H24O4. The van der Waals surface area contributed by atoms with Crippen molar-refractivity contribution in [2.45, 2.75) is 59.7 Å². The van der Waals surface area contributed by atoms with Crippen molar-refractivity contribution in [2.75, 3.05) is 0 Å². The van der Waals surface area contributed by atoms with Crippen LogP contribution in [-0.4, -0.2) is 24.1 Å². The Balaban J connectivity index is 1.83. The van der Waals surface area contributed by atoms with Gasteiger partial charge in [-0.3, -0.25) is 9.59 Å². The van der Waals surface area contributed by atoms with Crippen LogP contribution in [0, 0.1) is 28.6 Å². The van der Waals surface area contributed by atoms with Gasteiger partial charge in [0, 0.05) is 11.8 Å². The summed E-state index contributed by atoms with van der Waals surface area (Å²) in [5, 5.41) is 0. The van der Waals surface area contributed by atoms with Crippen LogP contribution in [0.25, 0.3) is 0 Å². The molecule has 4 nitrogen and oxygen atoms in total. The lowest BCUT2D eigenvalue weighted by Gasteiger charge is -2.38. The molecule has 2 aliphatic carbocycles. The summed E-state index contributed by atoms with van der Waals surface area (Å²) < 4.78 is 11.3. The summed E-state index contributed by atoms with van der Waals surface area (Å²) in [5.41, 5.74) is -0.607. The average Bonchev–Trinajstić information content (AvgIpc) is 2.92. The second-order valence-corrected chi connectivity index (χ2v) is 7.81. The van der Waals surface area contributed by atoms with E-state index >= 15 is 0 Å². The Morgan fingerprint density at radius 3 is 2.70 bits per heavy atom. The number of rotatable bonds is 3. The molecule has 2 bridgehead atoms. The topological polar surface area (TPSA) is 52.6 Å². The number of esters is 2. The molecule has 0 aromatic rings. The largest absolute Gasteiger partial charge is 0.458 e. The van der Waals surface area contributed by atoms with Crippen molar-refractivity contribution in [3.63, 3.8) is 0 Å².